The number of methoxy groups -OCH3 is 1. The van der Waals surface area contributed by atoms with Crippen LogP contribution in [0.5, 0.6) is 0 Å². The third-order valence-corrected chi connectivity index (χ3v) is 6.67. The van der Waals surface area contributed by atoms with Crippen molar-refractivity contribution < 1.29 is 19.1 Å². The van der Waals surface area contributed by atoms with E-state index in [1.54, 1.807) is 11.8 Å². The number of hydrogen-bond donors (Lipinski definition) is 1. The molecule has 1 N–H and O–H groups in total. The van der Waals surface area contributed by atoms with Crippen LogP contribution in [0.4, 0.5) is 0 Å². The average Bonchev–Trinajstić information content (AvgIpc) is 2.95. The zero-order chi connectivity index (χ0) is 19.2. The molecule has 2 amide bonds. The van der Waals surface area contributed by atoms with Gasteiger partial charge in [0.2, 0.25) is 12.3 Å². The van der Waals surface area contributed by atoms with Gasteiger partial charge < -0.3 is 15.0 Å². The topological polar surface area (TPSA) is 75.7 Å². The minimum absolute atomic E-state index is 0.328. The van der Waals surface area contributed by atoms with Crippen LogP contribution >= 0.6 is 23.5 Å². The Morgan fingerprint density at radius 2 is 2.12 bits per heavy atom. The van der Waals surface area contributed by atoms with E-state index >= 15 is 0 Å². The maximum atomic E-state index is 12.6. The van der Waals surface area contributed by atoms with E-state index in [1.165, 1.54) is 23.8 Å². The number of benzene rings is 1. The van der Waals surface area contributed by atoms with Gasteiger partial charge in [-0.3, -0.25) is 9.59 Å². The first-order valence-electron chi connectivity index (χ1n) is 8.26. The number of ether oxygens (including phenoxy) is 1. The molecule has 1 saturated heterocycles. The summed E-state index contributed by atoms with van der Waals surface area (Å²) < 4.78 is 4.82. The molecule has 1 heterocycles. The molecule has 0 bridgehead atoms. The molecule has 0 aliphatic carbocycles. The molecule has 0 unspecified atom stereocenters. The van der Waals surface area contributed by atoms with Gasteiger partial charge in [-0.25, -0.2) is 4.79 Å². The largest absolute Gasteiger partial charge is 0.467 e. The summed E-state index contributed by atoms with van der Waals surface area (Å²) in [4.78, 5) is 37.1. The second kappa shape index (κ2) is 9.32. The molecule has 26 heavy (non-hydrogen) atoms. The van der Waals surface area contributed by atoms with Crippen LogP contribution < -0.4 is 5.32 Å². The molecule has 1 aromatic carbocycles. The second-order valence-corrected chi connectivity index (χ2v) is 9.02. The van der Waals surface area contributed by atoms with E-state index in [2.05, 4.69) is 5.32 Å². The van der Waals surface area contributed by atoms with E-state index < -0.39 is 22.9 Å². The average molecular weight is 397 g/mol. The maximum Gasteiger partial charge on any atom is 0.329 e. The first-order chi connectivity index (χ1) is 12.4. The van der Waals surface area contributed by atoms with Crippen molar-refractivity contribution in [2.45, 2.75) is 36.6 Å². The first kappa shape index (κ1) is 20.6. The van der Waals surface area contributed by atoms with Crippen molar-refractivity contribution in [3.05, 3.63) is 35.9 Å². The summed E-state index contributed by atoms with van der Waals surface area (Å²) in [6, 6.07) is 8.57. The van der Waals surface area contributed by atoms with Crippen molar-refractivity contribution >= 4 is 41.8 Å². The predicted octanol–water partition coefficient (Wildman–Crippen LogP) is 1.89. The zero-order valence-corrected chi connectivity index (χ0v) is 16.8. The Morgan fingerprint density at radius 3 is 2.73 bits per heavy atom. The Hall–Kier alpha value is -1.67. The summed E-state index contributed by atoms with van der Waals surface area (Å²) >= 11 is 3.08. The van der Waals surface area contributed by atoms with Gasteiger partial charge in [0.25, 0.3) is 0 Å². The van der Waals surface area contributed by atoms with Gasteiger partial charge in [0.15, 0.2) is 0 Å². The minimum atomic E-state index is -0.747. The summed E-state index contributed by atoms with van der Waals surface area (Å²) in [6.07, 6.45) is 0.696. The quantitative estimate of drug-likeness (QED) is 0.534. The van der Waals surface area contributed by atoms with Gasteiger partial charge in [-0.05, 0) is 19.4 Å². The molecule has 1 fully saturated rings. The summed E-state index contributed by atoms with van der Waals surface area (Å²) in [5.41, 5.74) is 1.15. The van der Waals surface area contributed by atoms with Crippen LogP contribution in [0.3, 0.4) is 0 Å². The lowest BCUT2D eigenvalue weighted by atomic mass is 10.2. The van der Waals surface area contributed by atoms with Crippen LogP contribution in [0.15, 0.2) is 30.3 Å². The van der Waals surface area contributed by atoms with Gasteiger partial charge in [0.05, 0.1) is 12.0 Å². The van der Waals surface area contributed by atoms with E-state index in [4.69, 9.17) is 4.74 Å². The van der Waals surface area contributed by atoms with Crippen LogP contribution in [0.25, 0.3) is 0 Å². The van der Waals surface area contributed by atoms with Gasteiger partial charge in [-0.1, -0.05) is 30.3 Å². The zero-order valence-electron chi connectivity index (χ0n) is 15.1. The molecular formula is C18H24N2O4S2. The van der Waals surface area contributed by atoms with Gasteiger partial charge in [-0.2, -0.15) is 11.8 Å². The molecule has 142 valence electrons. The number of thioether (sulfide) groups is 2. The van der Waals surface area contributed by atoms with Crippen LogP contribution in [-0.2, 0) is 24.9 Å². The van der Waals surface area contributed by atoms with Crippen LogP contribution in [-0.4, -0.2) is 58.8 Å². The Labute approximate surface area is 162 Å². The Balaban J connectivity index is 1.95. The van der Waals surface area contributed by atoms with Crippen LogP contribution in [0.2, 0.25) is 0 Å². The fourth-order valence-corrected chi connectivity index (χ4v) is 4.86. The molecule has 1 aromatic rings. The van der Waals surface area contributed by atoms with Crippen molar-refractivity contribution in [2.24, 2.45) is 0 Å². The number of nitrogens with one attached hydrogen (secondary N) is 1. The molecule has 2 atom stereocenters. The number of rotatable bonds is 8. The first-order valence-corrected chi connectivity index (χ1v) is 10.4. The Morgan fingerprint density at radius 1 is 1.42 bits per heavy atom. The lowest BCUT2D eigenvalue weighted by molar-refractivity contribution is -0.145. The van der Waals surface area contributed by atoms with Crippen molar-refractivity contribution in [2.75, 3.05) is 18.6 Å². The lowest BCUT2D eigenvalue weighted by Gasteiger charge is -2.30. The minimum Gasteiger partial charge on any atom is -0.467 e. The van der Waals surface area contributed by atoms with Crippen molar-refractivity contribution in [1.29, 1.82) is 0 Å². The Kier molecular flexibility index (Phi) is 7.40. The van der Waals surface area contributed by atoms with Crippen LogP contribution in [0, 0.1) is 0 Å². The predicted molar refractivity (Wildman–Crippen MR) is 105 cm³/mol. The molecule has 6 nitrogen and oxygen atoms in total. The summed E-state index contributed by atoms with van der Waals surface area (Å²) in [5, 5.41) is 2.75. The van der Waals surface area contributed by atoms with Crippen molar-refractivity contribution in [3.63, 3.8) is 0 Å². The number of esters is 1. The molecule has 0 saturated carbocycles. The van der Waals surface area contributed by atoms with E-state index in [0.29, 0.717) is 17.9 Å². The van der Waals surface area contributed by atoms with Gasteiger partial charge in [0.1, 0.15) is 12.1 Å². The molecule has 0 radical (unpaired) electrons. The standard InChI is InChI=1S/C18H24N2O4S2/c1-18(2)20(12-21)15(11-26-18)16(22)19-14(17(23)24-3)10-25-9-13-7-5-4-6-8-13/h4-8,12,14-15H,9-11H2,1-3H3,(H,19,22)/t14-,15+/m0/s1. The Bertz CT molecular complexity index is 639. The summed E-state index contributed by atoms with van der Waals surface area (Å²) in [6.45, 7) is 3.79. The summed E-state index contributed by atoms with van der Waals surface area (Å²) in [5.74, 6) is 0.824. The monoisotopic (exact) mass is 396 g/mol. The van der Waals surface area contributed by atoms with E-state index in [9.17, 15) is 14.4 Å². The van der Waals surface area contributed by atoms with E-state index in [1.807, 2.05) is 44.2 Å². The number of carbonyl (C=O) groups excluding carboxylic acids is 3. The molecule has 8 heteroatoms. The number of hydrogen-bond acceptors (Lipinski definition) is 6. The number of amides is 2. The van der Waals surface area contributed by atoms with E-state index in [-0.39, 0.29) is 5.91 Å². The third kappa shape index (κ3) is 5.17. The fraction of sp³-hybridized carbons (Fsp3) is 0.500. The normalized spacial score (nSPS) is 19.7. The number of carbonyl (C=O) groups is 3. The third-order valence-electron chi connectivity index (χ3n) is 4.17. The van der Waals surface area contributed by atoms with Crippen molar-refractivity contribution in [1.82, 2.24) is 10.2 Å². The second-order valence-electron chi connectivity index (χ2n) is 6.37. The highest BCUT2D eigenvalue weighted by Gasteiger charge is 2.43. The number of nitrogens with zero attached hydrogens (tertiary/aromatic N) is 1. The lowest BCUT2D eigenvalue weighted by Crippen LogP contribution is -2.53. The fourth-order valence-electron chi connectivity index (χ4n) is 2.66. The highest BCUT2D eigenvalue weighted by atomic mass is 32.2. The molecule has 1 aliphatic heterocycles. The van der Waals surface area contributed by atoms with E-state index in [0.717, 1.165) is 11.3 Å². The maximum absolute atomic E-state index is 12.6. The summed E-state index contributed by atoms with van der Waals surface area (Å²) in [7, 11) is 1.30. The highest BCUT2D eigenvalue weighted by molar-refractivity contribution is 8.00. The molecule has 0 aromatic heterocycles. The smallest absolute Gasteiger partial charge is 0.329 e. The molecule has 1 aliphatic rings. The molecule has 2 rings (SSSR count). The van der Waals surface area contributed by atoms with Gasteiger partial charge in [0, 0.05) is 17.3 Å². The molecule has 0 spiro atoms. The van der Waals surface area contributed by atoms with Crippen LogP contribution in [0.1, 0.15) is 19.4 Å². The highest BCUT2D eigenvalue weighted by Crippen LogP contribution is 2.37. The SMILES string of the molecule is COC(=O)[C@H](CSCc1ccccc1)NC(=O)[C@H]1CSC(C)(C)N1C=O. The van der Waals surface area contributed by atoms with Crippen molar-refractivity contribution in [3.8, 4) is 0 Å². The molecular weight excluding hydrogens is 372 g/mol. The van der Waals surface area contributed by atoms with Gasteiger partial charge in [-0.15, -0.1) is 11.8 Å². The van der Waals surface area contributed by atoms with Gasteiger partial charge >= 0.3 is 5.97 Å².